The maximum atomic E-state index is 13.7. The molecule has 3 atom stereocenters. The van der Waals surface area contributed by atoms with Gasteiger partial charge in [0.15, 0.2) is 5.79 Å². The first-order valence-corrected chi connectivity index (χ1v) is 7.25. The van der Waals surface area contributed by atoms with Crippen LogP contribution in [0.1, 0.15) is 45.4 Å². The number of aliphatic hydroxyl groups is 2. The molecule has 2 spiro atoms. The zero-order chi connectivity index (χ0) is 12.8. The zero-order valence-electron chi connectivity index (χ0n) is 11.0. The van der Waals surface area contributed by atoms with Gasteiger partial charge in [-0.3, -0.25) is 4.90 Å². The Balaban J connectivity index is 1.79. The first-order chi connectivity index (χ1) is 8.41. The Kier molecular flexibility index (Phi) is 1.90. The molecule has 0 aromatic carbocycles. The Hall–Kier alpha value is -0.190. The molecule has 18 heavy (non-hydrogen) atoms. The predicted octanol–water partition coefficient (Wildman–Crippen LogP) is 1.43. The van der Waals surface area contributed by atoms with E-state index in [1.54, 1.807) is 0 Å². The Morgan fingerprint density at radius 1 is 1.33 bits per heavy atom. The van der Waals surface area contributed by atoms with Crippen molar-refractivity contribution in [3.63, 3.8) is 0 Å². The minimum absolute atomic E-state index is 0.0678. The standard InChI is InChI=1S/C14H22FNO2/c1-2-14(17,18)13-8-11(7-10(11)15)9-16(13)6-5-12(13)3-4-12/h10,17-18H,2-9H2,1H3/t10?,11-,13?/m0/s1. The second kappa shape index (κ2) is 2.94. The number of halogens is 1. The fourth-order valence-corrected chi connectivity index (χ4v) is 5.11. The van der Waals surface area contributed by atoms with Crippen molar-refractivity contribution in [1.82, 2.24) is 4.90 Å². The van der Waals surface area contributed by atoms with E-state index < -0.39 is 17.5 Å². The lowest BCUT2D eigenvalue weighted by Gasteiger charge is -2.47. The van der Waals surface area contributed by atoms with Crippen LogP contribution in [-0.2, 0) is 0 Å². The van der Waals surface area contributed by atoms with Gasteiger partial charge in [0.05, 0.1) is 5.54 Å². The molecule has 0 bridgehead atoms. The summed E-state index contributed by atoms with van der Waals surface area (Å²) in [6, 6.07) is 0. The summed E-state index contributed by atoms with van der Waals surface area (Å²) in [4.78, 5) is 2.23. The van der Waals surface area contributed by atoms with Crippen molar-refractivity contribution in [2.45, 2.75) is 62.9 Å². The summed E-state index contributed by atoms with van der Waals surface area (Å²) < 4.78 is 13.7. The van der Waals surface area contributed by atoms with Crippen LogP contribution in [0.5, 0.6) is 0 Å². The minimum atomic E-state index is -1.66. The van der Waals surface area contributed by atoms with Gasteiger partial charge in [0.1, 0.15) is 6.17 Å². The smallest absolute Gasteiger partial charge is 0.181 e. The van der Waals surface area contributed by atoms with Gasteiger partial charge in [-0.2, -0.15) is 0 Å². The number of nitrogens with zero attached hydrogens (tertiary/aromatic N) is 1. The van der Waals surface area contributed by atoms with Crippen molar-refractivity contribution in [3.05, 3.63) is 0 Å². The topological polar surface area (TPSA) is 43.7 Å². The largest absolute Gasteiger partial charge is 0.364 e. The van der Waals surface area contributed by atoms with E-state index in [0.717, 1.165) is 32.4 Å². The lowest BCUT2D eigenvalue weighted by Crippen LogP contribution is -2.62. The van der Waals surface area contributed by atoms with Crippen molar-refractivity contribution in [1.29, 1.82) is 0 Å². The van der Waals surface area contributed by atoms with Gasteiger partial charge >= 0.3 is 0 Å². The highest BCUT2D eigenvalue weighted by Crippen LogP contribution is 2.74. The molecule has 2 unspecified atom stereocenters. The molecule has 4 fully saturated rings. The lowest BCUT2D eigenvalue weighted by molar-refractivity contribution is -0.251. The van der Waals surface area contributed by atoms with Crippen LogP contribution in [0.15, 0.2) is 0 Å². The van der Waals surface area contributed by atoms with E-state index in [1.807, 2.05) is 6.92 Å². The Labute approximate surface area is 107 Å². The summed E-state index contributed by atoms with van der Waals surface area (Å²) in [5, 5.41) is 21.2. The molecule has 4 aliphatic rings. The van der Waals surface area contributed by atoms with E-state index in [-0.39, 0.29) is 10.8 Å². The molecule has 0 radical (unpaired) electrons. The molecule has 4 heteroatoms. The molecule has 2 aliphatic carbocycles. The van der Waals surface area contributed by atoms with E-state index in [4.69, 9.17) is 0 Å². The van der Waals surface area contributed by atoms with E-state index in [9.17, 15) is 14.6 Å². The summed E-state index contributed by atoms with van der Waals surface area (Å²) in [7, 11) is 0. The van der Waals surface area contributed by atoms with E-state index >= 15 is 0 Å². The van der Waals surface area contributed by atoms with Crippen LogP contribution in [0.3, 0.4) is 0 Å². The molecule has 4 rings (SSSR count). The average molecular weight is 255 g/mol. The van der Waals surface area contributed by atoms with Gasteiger partial charge in [0.25, 0.3) is 0 Å². The van der Waals surface area contributed by atoms with Crippen LogP contribution >= 0.6 is 0 Å². The average Bonchev–Trinajstić information content (AvgIpc) is 3.14. The number of hydrogen-bond acceptors (Lipinski definition) is 3. The maximum Gasteiger partial charge on any atom is 0.181 e. The van der Waals surface area contributed by atoms with Crippen molar-refractivity contribution < 1.29 is 14.6 Å². The first kappa shape index (κ1) is 11.6. The molecule has 3 nitrogen and oxygen atoms in total. The van der Waals surface area contributed by atoms with Gasteiger partial charge in [0, 0.05) is 18.4 Å². The van der Waals surface area contributed by atoms with Gasteiger partial charge in [0.2, 0.25) is 0 Å². The van der Waals surface area contributed by atoms with Crippen LogP contribution in [0, 0.1) is 10.8 Å². The van der Waals surface area contributed by atoms with Gasteiger partial charge in [-0.15, -0.1) is 0 Å². The molecule has 2 heterocycles. The summed E-state index contributed by atoms with van der Waals surface area (Å²) in [5.74, 6) is -1.66. The van der Waals surface area contributed by atoms with Crippen molar-refractivity contribution in [3.8, 4) is 0 Å². The summed E-state index contributed by atoms with van der Waals surface area (Å²) >= 11 is 0. The van der Waals surface area contributed by atoms with Gasteiger partial charge in [-0.05, 0) is 44.1 Å². The SMILES string of the molecule is CCC(O)(O)C12C[C@@]3(CC3F)CN1CCC21CC1. The third kappa shape index (κ3) is 1.04. The number of hydrogen-bond donors (Lipinski definition) is 2. The van der Waals surface area contributed by atoms with Gasteiger partial charge < -0.3 is 10.2 Å². The highest BCUT2D eigenvalue weighted by molar-refractivity contribution is 5.30. The van der Waals surface area contributed by atoms with Crippen molar-refractivity contribution >= 4 is 0 Å². The zero-order valence-corrected chi connectivity index (χ0v) is 11.0. The second-order valence-electron chi connectivity index (χ2n) is 7.19. The Morgan fingerprint density at radius 2 is 2.00 bits per heavy atom. The molecular formula is C14H22FNO2. The van der Waals surface area contributed by atoms with Crippen LogP contribution in [0.4, 0.5) is 4.39 Å². The van der Waals surface area contributed by atoms with Gasteiger partial charge in [-0.1, -0.05) is 6.92 Å². The maximum absolute atomic E-state index is 13.7. The summed E-state index contributed by atoms with van der Waals surface area (Å²) in [6.07, 6.45) is 4.12. The molecule has 102 valence electrons. The monoisotopic (exact) mass is 255 g/mol. The number of fused-ring (bicyclic) bond motifs is 2. The third-order valence-electron chi connectivity index (χ3n) is 6.49. The molecule has 2 N–H and O–H groups in total. The van der Waals surface area contributed by atoms with E-state index in [0.29, 0.717) is 19.3 Å². The Bertz CT molecular complexity index is 409. The minimum Gasteiger partial charge on any atom is -0.364 e. The molecule has 2 aliphatic heterocycles. The molecule has 0 amide bonds. The molecule has 0 aromatic heterocycles. The number of rotatable bonds is 2. The second-order valence-corrected chi connectivity index (χ2v) is 7.19. The molecular weight excluding hydrogens is 233 g/mol. The van der Waals surface area contributed by atoms with E-state index in [1.165, 1.54) is 0 Å². The summed E-state index contributed by atoms with van der Waals surface area (Å²) in [5.41, 5.74) is -0.740. The molecule has 0 aromatic rings. The molecule has 2 saturated heterocycles. The van der Waals surface area contributed by atoms with Crippen LogP contribution in [0.25, 0.3) is 0 Å². The summed E-state index contributed by atoms with van der Waals surface area (Å²) in [6.45, 7) is 3.47. The molecule has 2 saturated carbocycles. The quantitative estimate of drug-likeness (QED) is 0.734. The first-order valence-electron chi connectivity index (χ1n) is 7.25. The number of alkyl halides is 1. The third-order valence-corrected chi connectivity index (χ3v) is 6.49. The van der Waals surface area contributed by atoms with E-state index in [2.05, 4.69) is 4.90 Å². The highest BCUT2D eigenvalue weighted by atomic mass is 19.1. The normalized spacial score (nSPS) is 49.0. The lowest BCUT2D eigenvalue weighted by atomic mass is 9.70. The van der Waals surface area contributed by atoms with Crippen molar-refractivity contribution in [2.24, 2.45) is 10.8 Å². The fraction of sp³-hybridized carbons (Fsp3) is 1.00. The van der Waals surface area contributed by atoms with Crippen LogP contribution in [0.2, 0.25) is 0 Å². The predicted molar refractivity (Wildman–Crippen MR) is 64.6 cm³/mol. The fourth-order valence-electron chi connectivity index (χ4n) is 5.11. The highest BCUT2D eigenvalue weighted by Gasteiger charge is 2.80. The van der Waals surface area contributed by atoms with Crippen LogP contribution < -0.4 is 0 Å². The Morgan fingerprint density at radius 3 is 2.50 bits per heavy atom. The van der Waals surface area contributed by atoms with Crippen molar-refractivity contribution in [2.75, 3.05) is 13.1 Å². The van der Waals surface area contributed by atoms with Crippen LogP contribution in [-0.4, -0.2) is 45.7 Å². The van der Waals surface area contributed by atoms with Gasteiger partial charge in [-0.25, -0.2) is 4.39 Å².